The van der Waals surface area contributed by atoms with Crippen LogP contribution in [0, 0.1) is 13.8 Å². The Morgan fingerprint density at radius 3 is 2.70 bits per heavy atom. The van der Waals surface area contributed by atoms with Gasteiger partial charge in [0.2, 0.25) is 5.13 Å². The Labute approximate surface area is 175 Å². The molecule has 0 fully saturated rings. The van der Waals surface area contributed by atoms with E-state index < -0.39 is 0 Å². The Morgan fingerprint density at radius 1 is 1.15 bits per heavy atom. The molecular formula is C20H20BrN3OS2. The third-order valence-electron chi connectivity index (χ3n) is 4.19. The van der Waals surface area contributed by atoms with E-state index in [-0.39, 0.29) is 5.78 Å². The lowest BCUT2D eigenvalue weighted by molar-refractivity contribution is 0.0982. The zero-order chi connectivity index (χ0) is 19.2. The van der Waals surface area contributed by atoms with Crippen molar-refractivity contribution in [3.05, 3.63) is 63.6 Å². The molecule has 3 aromatic rings. The summed E-state index contributed by atoms with van der Waals surface area (Å²) in [6.45, 7) is 4.19. The number of benzene rings is 2. The van der Waals surface area contributed by atoms with Crippen LogP contribution in [0.4, 0.5) is 10.8 Å². The Kier molecular flexibility index (Phi) is 7.04. The number of hydrogen-bond acceptors (Lipinski definition) is 6. The molecule has 0 saturated heterocycles. The van der Waals surface area contributed by atoms with Crippen LogP contribution in [-0.4, -0.2) is 21.7 Å². The maximum Gasteiger partial charge on any atom is 0.210 e. The average Bonchev–Trinajstić information content (AvgIpc) is 3.10. The molecular weight excluding hydrogens is 442 g/mol. The smallest absolute Gasteiger partial charge is 0.210 e. The van der Waals surface area contributed by atoms with Crippen LogP contribution < -0.4 is 5.32 Å². The predicted octanol–water partition coefficient (Wildman–Crippen LogP) is 6.42. The Balaban J connectivity index is 1.46. The number of halogens is 1. The van der Waals surface area contributed by atoms with Gasteiger partial charge in [-0.1, -0.05) is 63.3 Å². The topological polar surface area (TPSA) is 54.9 Å². The van der Waals surface area contributed by atoms with Crippen LogP contribution in [0.25, 0.3) is 0 Å². The number of ketones is 1. The van der Waals surface area contributed by atoms with E-state index in [0.29, 0.717) is 6.42 Å². The Hall–Kier alpha value is -1.70. The second kappa shape index (κ2) is 9.48. The standard InChI is InChI=1S/C20H20BrN3OS2/c1-13-5-3-6-17(14(13)2)22-19-23-24-20(27-19)26-12-4-7-18(25)15-8-10-16(21)11-9-15/h3,5-6,8-11H,4,7,12H2,1-2H3,(H,22,23). The van der Waals surface area contributed by atoms with E-state index >= 15 is 0 Å². The van der Waals surface area contributed by atoms with Gasteiger partial charge in [0.1, 0.15) is 0 Å². The molecule has 0 radical (unpaired) electrons. The molecule has 0 saturated carbocycles. The lowest BCUT2D eigenvalue weighted by Crippen LogP contribution is -1.99. The van der Waals surface area contributed by atoms with Crippen molar-refractivity contribution in [2.45, 2.75) is 31.0 Å². The summed E-state index contributed by atoms with van der Waals surface area (Å²) >= 11 is 6.57. The second-order valence-corrected chi connectivity index (χ2v) is 9.36. The van der Waals surface area contributed by atoms with Crippen molar-refractivity contribution in [3.8, 4) is 0 Å². The number of rotatable bonds is 8. The number of anilines is 2. The van der Waals surface area contributed by atoms with Crippen molar-refractivity contribution in [1.29, 1.82) is 0 Å². The average molecular weight is 462 g/mol. The normalized spacial score (nSPS) is 10.8. The van der Waals surface area contributed by atoms with E-state index in [4.69, 9.17) is 0 Å². The fourth-order valence-corrected chi connectivity index (χ4v) is 4.53. The summed E-state index contributed by atoms with van der Waals surface area (Å²) in [7, 11) is 0. The highest BCUT2D eigenvalue weighted by Gasteiger charge is 2.09. The highest BCUT2D eigenvalue weighted by Crippen LogP contribution is 2.30. The molecule has 0 bridgehead atoms. The number of carbonyl (C=O) groups is 1. The van der Waals surface area contributed by atoms with Crippen LogP contribution in [0.5, 0.6) is 0 Å². The number of hydrogen-bond donors (Lipinski definition) is 1. The fourth-order valence-electron chi connectivity index (χ4n) is 2.49. The molecule has 4 nitrogen and oxygen atoms in total. The van der Waals surface area contributed by atoms with Gasteiger partial charge in [-0.25, -0.2) is 0 Å². The van der Waals surface area contributed by atoms with Gasteiger partial charge in [0, 0.05) is 27.9 Å². The van der Waals surface area contributed by atoms with E-state index in [2.05, 4.69) is 51.4 Å². The number of nitrogens with one attached hydrogen (secondary N) is 1. The van der Waals surface area contributed by atoms with Crippen LogP contribution in [0.3, 0.4) is 0 Å². The first-order chi connectivity index (χ1) is 13.0. The van der Waals surface area contributed by atoms with E-state index in [1.165, 1.54) is 22.5 Å². The number of carbonyl (C=O) groups excluding carboxylic acids is 1. The van der Waals surface area contributed by atoms with Crippen LogP contribution in [0.2, 0.25) is 0 Å². The number of thioether (sulfide) groups is 1. The molecule has 1 N–H and O–H groups in total. The minimum atomic E-state index is 0.178. The maximum atomic E-state index is 12.2. The summed E-state index contributed by atoms with van der Waals surface area (Å²) in [5, 5.41) is 12.6. The van der Waals surface area contributed by atoms with Crippen molar-refractivity contribution < 1.29 is 4.79 Å². The van der Waals surface area contributed by atoms with Crippen molar-refractivity contribution >= 4 is 55.6 Å². The maximum absolute atomic E-state index is 12.2. The molecule has 0 aliphatic heterocycles. The van der Waals surface area contributed by atoms with Crippen molar-refractivity contribution in [3.63, 3.8) is 0 Å². The third-order valence-corrected chi connectivity index (χ3v) is 6.78. The van der Waals surface area contributed by atoms with Gasteiger partial charge in [0.25, 0.3) is 0 Å². The highest BCUT2D eigenvalue weighted by atomic mass is 79.9. The molecule has 0 aliphatic carbocycles. The summed E-state index contributed by atoms with van der Waals surface area (Å²) < 4.78 is 1.90. The third kappa shape index (κ3) is 5.64. The molecule has 0 spiro atoms. The quantitative estimate of drug-likeness (QED) is 0.238. The van der Waals surface area contributed by atoms with E-state index in [1.807, 2.05) is 36.4 Å². The summed E-state index contributed by atoms with van der Waals surface area (Å²) in [6.07, 6.45) is 1.36. The predicted molar refractivity (Wildman–Crippen MR) is 118 cm³/mol. The van der Waals surface area contributed by atoms with Crippen LogP contribution in [0.15, 0.2) is 51.3 Å². The van der Waals surface area contributed by atoms with Gasteiger partial charge in [-0.2, -0.15) is 0 Å². The fraction of sp³-hybridized carbons (Fsp3) is 0.250. The van der Waals surface area contributed by atoms with Gasteiger partial charge in [-0.3, -0.25) is 4.79 Å². The van der Waals surface area contributed by atoms with Gasteiger partial charge in [0.15, 0.2) is 10.1 Å². The summed E-state index contributed by atoms with van der Waals surface area (Å²) in [4.78, 5) is 12.2. The first-order valence-electron chi connectivity index (χ1n) is 8.61. The first-order valence-corrected chi connectivity index (χ1v) is 11.2. The van der Waals surface area contributed by atoms with E-state index in [9.17, 15) is 4.79 Å². The van der Waals surface area contributed by atoms with Gasteiger partial charge in [-0.05, 0) is 49.6 Å². The van der Waals surface area contributed by atoms with E-state index in [1.54, 1.807) is 11.8 Å². The first kappa shape index (κ1) is 20.0. The number of aromatic nitrogens is 2. The van der Waals surface area contributed by atoms with Gasteiger partial charge < -0.3 is 5.32 Å². The van der Waals surface area contributed by atoms with Crippen LogP contribution >= 0.6 is 39.0 Å². The van der Waals surface area contributed by atoms with Crippen molar-refractivity contribution in [1.82, 2.24) is 10.2 Å². The number of Topliss-reactive ketones (excluding diaryl/α,β-unsaturated/α-hetero) is 1. The zero-order valence-corrected chi connectivity index (χ0v) is 18.4. The van der Waals surface area contributed by atoms with E-state index in [0.717, 1.165) is 37.4 Å². The van der Waals surface area contributed by atoms with Gasteiger partial charge in [-0.15, -0.1) is 10.2 Å². The second-order valence-electron chi connectivity index (χ2n) is 6.13. The van der Waals surface area contributed by atoms with Crippen molar-refractivity contribution in [2.24, 2.45) is 0 Å². The lowest BCUT2D eigenvalue weighted by atomic mass is 10.1. The molecule has 0 aliphatic rings. The molecule has 3 rings (SSSR count). The summed E-state index contributed by atoms with van der Waals surface area (Å²) in [5.41, 5.74) is 4.28. The molecule has 7 heteroatoms. The number of nitrogens with zero attached hydrogens (tertiary/aromatic N) is 2. The largest absolute Gasteiger partial charge is 0.330 e. The SMILES string of the molecule is Cc1cccc(Nc2nnc(SCCCC(=O)c3ccc(Br)cc3)s2)c1C. The Morgan fingerprint density at radius 2 is 1.93 bits per heavy atom. The molecule has 140 valence electrons. The molecule has 0 atom stereocenters. The monoisotopic (exact) mass is 461 g/mol. The molecule has 0 unspecified atom stereocenters. The summed E-state index contributed by atoms with van der Waals surface area (Å²) in [5.74, 6) is 1.03. The van der Waals surface area contributed by atoms with Crippen molar-refractivity contribution in [2.75, 3.05) is 11.1 Å². The number of aryl methyl sites for hydroxylation is 1. The molecule has 1 aromatic heterocycles. The highest BCUT2D eigenvalue weighted by molar-refractivity contribution is 9.10. The minimum absolute atomic E-state index is 0.178. The van der Waals surface area contributed by atoms with Gasteiger partial charge >= 0.3 is 0 Å². The molecule has 1 heterocycles. The Bertz CT molecular complexity index is 925. The lowest BCUT2D eigenvalue weighted by Gasteiger charge is -2.08. The summed E-state index contributed by atoms with van der Waals surface area (Å²) in [6, 6.07) is 13.7. The molecule has 2 aromatic carbocycles. The zero-order valence-electron chi connectivity index (χ0n) is 15.2. The molecule has 27 heavy (non-hydrogen) atoms. The van der Waals surface area contributed by atoms with Crippen LogP contribution in [0.1, 0.15) is 34.3 Å². The van der Waals surface area contributed by atoms with Crippen LogP contribution in [-0.2, 0) is 0 Å². The molecule has 0 amide bonds. The van der Waals surface area contributed by atoms with Gasteiger partial charge in [0.05, 0.1) is 0 Å². The minimum Gasteiger partial charge on any atom is -0.330 e.